The molecule has 4 aromatic rings. The molecule has 0 aliphatic carbocycles. The fourth-order valence-electron chi connectivity index (χ4n) is 3.40. The molecule has 0 bridgehead atoms. The van der Waals surface area contributed by atoms with Gasteiger partial charge in [-0.15, -0.1) is 0 Å². The maximum Gasteiger partial charge on any atom is 0.261 e. The normalized spacial score (nSPS) is 11.6. The Morgan fingerprint density at radius 2 is 1.29 bits per heavy atom. The largest absolute Gasteiger partial charge is 0.322 e. The van der Waals surface area contributed by atoms with Crippen molar-refractivity contribution in [1.82, 2.24) is 0 Å². The van der Waals surface area contributed by atoms with Crippen LogP contribution in [-0.2, 0) is 20.0 Å². The number of anilines is 3. The van der Waals surface area contributed by atoms with E-state index in [0.29, 0.717) is 22.0 Å². The highest BCUT2D eigenvalue weighted by molar-refractivity contribution is 7.93. The Balaban J connectivity index is 1.45. The fraction of sp³-hybridized carbons (Fsp3) is 0.0385. The highest BCUT2D eigenvalue weighted by Crippen LogP contribution is 2.26. The van der Waals surface area contributed by atoms with Gasteiger partial charge >= 0.3 is 0 Å². The highest BCUT2D eigenvalue weighted by atomic mass is 35.5. The molecular weight excluding hydrogens is 569 g/mol. The molecule has 196 valence electrons. The molecule has 12 heteroatoms. The van der Waals surface area contributed by atoms with Gasteiger partial charge in [-0.1, -0.05) is 47.5 Å². The van der Waals surface area contributed by atoms with Crippen molar-refractivity contribution in [3.63, 3.8) is 0 Å². The Hall–Kier alpha value is -3.57. The minimum Gasteiger partial charge on any atom is -0.322 e. The molecule has 0 aliphatic rings. The van der Waals surface area contributed by atoms with E-state index in [1.807, 2.05) is 0 Å². The van der Waals surface area contributed by atoms with Gasteiger partial charge in [0.25, 0.3) is 26.0 Å². The van der Waals surface area contributed by atoms with E-state index in [-0.39, 0.29) is 26.1 Å². The second-order valence-corrected chi connectivity index (χ2v) is 12.4. The van der Waals surface area contributed by atoms with Gasteiger partial charge < -0.3 is 5.32 Å². The van der Waals surface area contributed by atoms with Crippen LogP contribution < -0.4 is 14.8 Å². The van der Waals surface area contributed by atoms with Crippen molar-refractivity contribution in [2.24, 2.45) is 0 Å². The summed E-state index contributed by atoms with van der Waals surface area (Å²) in [5.41, 5.74) is 1.69. The summed E-state index contributed by atoms with van der Waals surface area (Å²) in [4.78, 5) is 12.8. The number of carbonyl (C=O) groups is 1. The summed E-state index contributed by atoms with van der Waals surface area (Å²) in [5.74, 6) is -0.559. The van der Waals surface area contributed by atoms with Crippen LogP contribution in [0.15, 0.2) is 101 Å². The highest BCUT2D eigenvalue weighted by Gasteiger charge is 2.18. The zero-order valence-corrected chi connectivity index (χ0v) is 22.9. The summed E-state index contributed by atoms with van der Waals surface area (Å²) in [6.45, 7) is 1.75. The minimum absolute atomic E-state index is 0.0111. The van der Waals surface area contributed by atoms with E-state index < -0.39 is 26.0 Å². The van der Waals surface area contributed by atoms with Crippen LogP contribution in [0.25, 0.3) is 0 Å². The molecule has 0 atom stereocenters. The van der Waals surface area contributed by atoms with Crippen LogP contribution in [0.2, 0.25) is 10.0 Å². The number of nitrogens with one attached hydrogen (secondary N) is 3. The molecule has 4 aromatic carbocycles. The monoisotopic (exact) mass is 589 g/mol. The fourth-order valence-corrected chi connectivity index (χ4v) is 6.03. The number of hydrogen-bond acceptors (Lipinski definition) is 5. The smallest absolute Gasteiger partial charge is 0.261 e. The molecule has 8 nitrogen and oxygen atoms in total. The van der Waals surface area contributed by atoms with E-state index >= 15 is 0 Å². The van der Waals surface area contributed by atoms with E-state index in [9.17, 15) is 21.6 Å². The minimum atomic E-state index is -3.90. The zero-order chi connectivity index (χ0) is 27.5. The molecule has 38 heavy (non-hydrogen) atoms. The van der Waals surface area contributed by atoms with Crippen LogP contribution in [0.3, 0.4) is 0 Å². The Morgan fingerprint density at radius 1 is 0.684 bits per heavy atom. The zero-order valence-electron chi connectivity index (χ0n) is 19.8. The number of sulfonamides is 2. The van der Waals surface area contributed by atoms with Gasteiger partial charge in [0, 0.05) is 10.7 Å². The van der Waals surface area contributed by atoms with Crippen molar-refractivity contribution in [1.29, 1.82) is 0 Å². The van der Waals surface area contributed by atoms with Gasteiger partial charge in [0.2, 0.25) is 0 Å². The van der Waals surface area contributed by atoms with Gasteiger partial charge in [-0.3, -0.25) is 14.2 Å². The van der Waals surface area contributed by atoms with Gasteiger partial charge in [-0.25, -0.2) is 16.8 Å². The summed E-state index contributed by atoms with van der Waals surface area (Å²) in [7, 11) is -7.72. The van der Waals surface area contributed by atoms with Crippen LogP contribution in [0.5, 0.6) is 0 Å². The number of benzene rings is 4. The van der Waals surface area contributed by atoms with E-state index in [0.717, 1.165) is 0 Å². The number of carbonyl (C=O) groups excluding carboxylic acids is 1. The molecular formula is C26H21Cl2N3O5S2. The summed E-state index contributed by atoms with van der Waals surface area (Å²) in [6.07, 6.45) is 0. The summed E-state index contributed by atoms with van der Waals surface area (Å²) in [6, 6.07) is 22.4. The second kappa shape index (κ2) is 11.0. The summed E-state index contributed by atoms with van der Waals surface area (Å²) in [5, 5.41) is 3.06. The SMILES string of the molecule is Cc1ccc(Cl)cc1NS(=O)(=O)c1ccc(NC(=O)c2ccc(NS(=O)(=O)c3ccccc3)cc2Cl)cc1. The Labute approximate surface area is 230 Å². The molecule has 0 aliphatic heterocycles. The Bertz CT molecular complexity index is 1710. The lowest BCUT2D eigenvalue weighted by Gasteiger charge is -2.12. The van der Waals surface area contributed by atoms with Crippen LogP contribution in [0, 0.1) is 6.92 Å². The predicted molar refractivity (Wildman–Crippen MR) is 150 cm³/mol. The number of hydrogen-bond donors (Lipinski definition) is 3. The van der Waals surface area contributed by atoms with Gasteiger partial charge in [0.15, 0.2) is 0 Å². The maximum absolute atomic E-state index is 12.8. The maximum atomic E-state index is 12.8. The number of amides is 1. The van der Waals surface area contributed by atoms with Crippen molar-refractivity contribution in [2.45, 2.75) is 16.7 Å². The quantitative estimate of drug-likeness (QED) is 0.227. The van der Waals surface area contributed by atoms with Crippen LogP contribution in [0.4, 0.5) is 17.1 Å². The van der Waals surface area contributed by atoms with Crippen molar-refractivity contribution < 1.29 is 21.6 Å². The summed E-state index contributed by atoms with van der Waals surface area (Å²) >= 11 is 12.2. The molecule has 0 saturated heterocycles. The van der Waals surface area contributed by atoms with Gasteiger partial charge in [0.1, 0.15) is 0 Å². The van der Waals surface area contributed by atoms with Crippen LogP contribution in [-0.4, -0.2) is 22.7 Å². The number of aryl methyl sites for hydroxylation is 1. The first-order valence-electron chi connectivity index (χ1n) is 11.0. The topological polar surface area (TPSA) is 121 Å². The van der Waals surface area contributed by atoms with Gasteiger partial charge in [0.05, 0.1) is 31.8 Å². The van der Waals surface area contributed by atoms with Gasteiger partial charge in [-0.2, -0.15) is 0 Å². The first-order valence-corrected chi connectivity index (χ1v) is 14.7. The molecule has 0 heterocycles. The van der Waals surface area contributed by atoms with E-state index in [1.165, 1.54) is 60.7 Å². The summed E-state index contributed by atoms with van der Waals surface area (Å²) < 4.78 is 55.5. The average molecular weight is 591 g/mol. The Kier molecular flexibility index (Phi) is 7.98. The second-order valence-electron chi connectivity index (χ2n) is 8.16. The lowest BCUT2D eigenvalue weighted by Crippen LogP contribution is -2.15. The molecule has 0 unspecified atom stereocenters. The standard InChI is InChI=1S/C26H21Cl2N3O5S2/c1-17-7-8-18(27)15-25(17)31-38(35,36)22-12-9-19(10-13-22)29-26(32)23-14-11-20(16-24(23)28)30-37(33,34)21-5-3-2-4-6-21/h2-16,30-31H,1H3,(H,29,32). The third kappa shape index (κ3) is 6.46. The van der Waals surface area contributed by atoms with Crippen LogP contribution in [0.1, 0.15) is 15.9 Å². The molecule has 1 amide bonds. The molecule has 0 fully saturated rings. The first kappa shape index (κ1) is 27.5. The lowest BCUT2D eigenvalue weighted by molar-refractivity contribution is 0.102. The van der Waals surface area contributed by atoms with E-state index in [2.05, 4.69) is 14.8 Å². The third-order valence-electron chi connectivity index (χ3n) is 5.39. The molecule has 0 radical (unpaired) electrons. The Morgan fingerprint density at radius 3 is 1.95 bits per heavy atom. The predicted octanol–water partition coefficient (Wildman–Crippen LogP) is 6.16. The van der Waals surface area contributed by atoms with E-state index in [1.54, 1.807) is 37.3 Å². The molecule has 3 N–H and O–H groups in total. The van der Waals surface area contributed by atoms with Crippen molar-refractivity contribution in [2.75, 3.05) is 14.8 Å². The molecule has 0 spiro atoms. The third-order valence-corrected chi connectivity index (χ3v) is 8.71. The molecule has 4 rings (SSSR count). The molecule has 0 saturated carbocycles. The molecule has 0 aromatic heterocycles. The number of halogens is 2. The van der Waals surface area contributed by atoms with Crippen molar-refractivity contribution in [3.8, 4) is 0 Å². The van der Waals surface area contributed by atoms with E-state index in [4.69, 9.17) is 23.2 Å². The first-order chi connectivity index (χ1) is 17.9. The van der Waals surface area contributed by atoms with Crippen molar-refractivity contribution in [3.05, 3.63) is 112 Å². The van der Waals surface area contributed by atoms with Crippen LogP contribution >= 0.6 is 23.2 Å². The van der Waals surface area contributed by atoms with Gasteiger partial charge in [-0.05, 0) is 79.2 Å². The number of rotatable bonds is 8. The lowest BCUT2D eigenvalue weighted by atomic mass is 10.2. The van der Waals surface area contributed by atoms with Crippen molar-refractivity contribution >= 4 is 66.2 Å². The average Bonchev–Trinajstić information content (AvgIpc) is 2.87.